The van der Waals surface area contributed by atoms with Crippen molar-refractivity contribution in [3.8, 4) is 11.3 Å². The normalized spacial score (nSPS) is 22.2. The Balaban J connectivity index is 1.66. The summed E-state index contributed by atoms with van der Waals surface area (Å²) in [5, 5.41) is 0.869. The number of aromatic nitrogens is 4. The molecular weight excluding hydrogens is 433 g/mol. The molecule has 3 aromatic rings. The first-order valence-corrected chi connectivity index (χ1v) is 11.9. The van der Waals surface area contributed by atoms with E-state index in [1.165, 1.54) is 25.7 Å². The Hall–Kier alpha value is -1.89. The van der Waals surface area contributed by atoms with Gasteiger partial charge in [0.25, 0.3) is 0 Å². The Bertz CT molecular complexity index is 1070. The number of hydrogen-bond acceptors (Lipinski definition) is 5. The largest absolute Gasteiger partial charge is 0.378 e. The Labute approximate surface area is 192 Å². The number of imidazole rings is 1. The number of rotatable bonds is 4. The van der Waals surface area contributed by atoms with Crippen LogP contribution in [0.4, 0.5) is 5.95 Å². The van der Waals surface area contributed by atoms with Crippen molar-refractivity contribution in [2.24, 2.45) is 11.8 Å². The third kappa shape index (κ3) is 4.38. The van der Waals surface area contributed by atoms with Gasteiger partial charge < -0.3 is 14.2 Å². The molecule has 5 rings (SSSR count). The number of fused-ring (bicyclic) bond motifs is 1. The van der Waals surface area contributed by atoms with E-state index in [1.807, 2.05) is 24.3 Å². The van der Waals surface area contributed by atoms with E-state index < -0.39 is 0 Å². The van der Waals surface area contributed by atoms with Gasteiger partial charge in [-0.15, -0.1) is 0 Å². The second kappa shape index (κ2) is 8.93. The number of nitrogens with zero attached hydrogens (tertiary/aromatic N) is 5. The molecule has 0 spiro atoms. The number of morpholine rings is 1. The van der Waals surface area contributed by atoms with Crippen molar-refractivity contribution in [3.05, 3.63) is 34.6 Å². The highest BCUT2D eigenvalue weighted by Gasteiger charge is 2.27. The second-order valence-electron chi connectivity index (χ2n) is 8.77. The van der Waals surface area contributed by atoms with Crippen molar-refractivity contribution in [1.82, 2.24) is 19.5 Å². The van der Waals surface area contributed by atoms with Crippen molar-refractivity contribution < 1.29 is 4.74 Å². The van der Waals surface area contributed by atoms with Crippen LogP contribution in [0.2, 0.25) is 10.3 Å². The first-order valence-electron chi connectivity index (χ1n) is 11.1. The van der Waals surface area contributed by atoms with Gasteiger partial charge in [0.1, 0.15) is 11.2 Å². The molecule has 31 heavy (non-hydrogen) atoms. The van der Waals surface area contributed by atoms with E-state index in [0.717, 1.165) is 48.3 Å². The van der Waals surface area contributed by atoms with Gasteiger partial charge in [-0.3, -0.25) is 0 Å². The number of ether oxygens (including phenoxy) is 1. The SMILES string of the molecule is C[C@H]1CC[C@H](Cn2c(N3CCOCC3)nc3nc(Cl)nc(-c4cccc(Cl)c4)c32)CC1. The van der Waals surface area contributed by atoms with Crippen molar-refractivity contribution in [3.63, 3.8) is 0 Å². The molecule has 0 N–H and O–H groups in total. The predicted octanol–water partition coefficient (Wildman–Crippen LogP) is 5.46. The second-order valence-corrected chi connectivity index (χ2v) is 9.55. The van der Waals surface area contributed by atoms with Crippen molar-refractivity contribution >= 4 is 40.3 Å². The molecule has 0 radical (unpaired) electrons. The molecule has 0 bridgehead atoms. The molecule has 1 aromatic carbocycles. The van der Waals surface area contributed by atoms with Crippen LogP contribution < -0.4 is 4.90 Å². The van der Waals surface area contributed by atoms with Gasteiger partial charge in [0.15, 0.2) is 5.65 Å². The number of halogens is 2. The third-order valence-corrected chi connectivity index (χ3v) is 6.93. The fourth-order valence-electron chi connectivity index (χ4n) is 4.78. The van der Waals surface area contributed by atoms with Gasteiger partial charge in [-0.2, -0.15) is 9.97 Å². The maximum atomic E-state index is 6.33. The first-order chi connectivity index (χ1) is 15.1. The van der Waals surface area contributed by atoms with Crippen LogP contribution in [-0.2, 0) is 11.3 Å². The summed E-state index contributed by atoms with van der Waals surface area (Å²) in [6.45, 7) is 6.32. The summed E-state index contributed by atoms with van der Waals surface area (Å²) in [7, 11) is 0. The molecular formula is C23H27Cl2N5O. The lowest BCUT2D eigenvalue weighted by atomic mass is 9.83. The first kappa shape index (κ1) is 21.0. The van der Waals surface area contributed by atoms with Crippen molar-refractivity contribution in [2.45, 2.75) is 39.2 Å². The van der Waals surface area contributed by atoms with Crippen molar-refractivity contribution in [1.29, 1.82) is 0 Å². The van der Waals surface area contributed by atoms with Crippen LogP contribution >= 0.6 is 23.2 Å². The lowest BCUT2D eigenvalue weighted by Gasteiger charge is -2.31. The molecule has 1 saturated heterocycles. The Morgan fingerprint density at radius 2 is 1.81 bits per heavy atom. The van der Waals surface area contributed by atoms with E-state index >= 15 is 0 Å². The molecule has 164 valence electrons. The minimum absolute atomic E-state index is 0.201. The van der Waals surface area contributed by atoms with Gasteiger partial charge in [-0.05, 0) is 48.4 Å². The molecule has 6 nitrogen and oxygen atoms in total. The highest BCUT2D eigenvalue weighted by atomic mass is 35.5. The van der Waals surface area contributed by atoms with Crippen LogP contribution in [0, 0.1) is 11.8 Å². The Morgan fingerprint density at radius 1 is 1.03 bits per heavy atom. The molecule has 8 heteroatoms. The van der Waals surface area contributed by atoms with E-state index in [0.29, 0.717) is 29.8 Å². The molecule has 1 aliphatic carbocycles. The lowest BCUT2D eigenvalue weighted by molar-refractivity contribution is 0.121. The standard InChI is InChI=1S/C23H27Cl2N5O/c1-15-5-7-16(8-6-15)14-30-20-19(17-3-2-4-18(24)13-17)26-22(25)27-21(20)28-23(30)29-9-11-31-12-10-29/h2-4,13,15-16H,5-12,14H2,1H3/t15-,16-. The van der Waals surface area contributed by atoms with E-state index in [4.69, 9.17) is 32.9 Å². The fraction of sp³-hybridized carbons (Fsp3) is 0.522. The van der Waals surface area contributed by atoms with Gasteiger partial charge in [-0.1, -0.05) is 43.5 Å². The van der Waals surface area contributed by atoms with Crippen LogP contribution in [0.25, 0.3) is 22.4 Å². The fourth-order valence-corrected chi connectivity index (χ4v) is 5.14. The topological polar surface area (TPSA) is 56.1 Å². The van der Waals surface area contributed by atoms with Crippen LogP contribution in [0.15, 0.2) is 24.3 Å². The summed E-state index contributed by atoms with van der Waals surface area (Å²) < 4.78 is 7.91. The van der Waals surface area contributed by atoms with E-state index in [1.54, 1.807) is 0 Å². The summed E-state index contributed by atoms with van der Waals surface area (Å²) in [6.07, 6.45) is 5.05. The van der Waals surface area contributed by atoms with Gasteiger partial charge >= 0.3 is 0 Å². The highest BCUT2D eigenvalue weighted by molar-refractivity contribution is 6.31. The summed E-state index contributed by atoms with van der Waals surface area (Å²) in [5.41, 5.74) is 3.29. The molecule has 2 fully saturated rings. The minimum Gasteiger partial charge on any atom is -0.378 e. The third-order valence-electron chi connectivity index (χ3n) is 6.52. The summed E-state index contributed by atoms with van der Waals surface area (Å²) in [5.74, 6) is 2.38. The summed E-state index contributed by atoms with van der Waals surface area (Å²) in [6, 6.07) is 7.74. The average Bonchev–Trinajstić information content (AvgIpc) is 3.13. The molecule has 1 aliphatic heterocycles. The van der Waals surface area contributed by atoms with E-state index in [-0.39, 0.29) is 5.28 Å². The maximum absolute atomic E-state index is 6.33. The van der Waals surface area contributed by atoms with Crippen molar-refractivity contribution in [2.75, 3.05) is 31.2 Å². The van der Waals surface area contributed by atoms with Crippen LogP contribution in [0.5, 0.6) is 0 Å². The Morgan fingerprint density at radius 3 is 2.55 bits per heavy atom. The molecule has 0 unspecified atom stereocenters. The smallest absolute Gasteiger partial charge is 0.225 e. The molecule has 2 aliphatic rings. The molecule has 2 aromatic heterocycles. The zero-order valence-corrected chi connectivity index (χ0v) is 19.2. The molecule has 3 heterocycles. The van der Waals surface area contributed by atoms with Gasteiger partial charge in [0, 0.05) is 30.2 Å². The van der Waals surface area contributed by atoms with Crippen LogP contribution in [-0.4, -0.2) is 45.8 Å². The van der Waals surface area contributed by atoms with Crippen LogP contribution in [0.3, 0.4) is 0 Å². The van der Waals surface area contributed by atoms with Gasteiger partial charge in [-0.25, -0.2) is 4.98 Å². The zero-order valence-electron chi connectivity index (χ0n) is 17.7. The molecule has 0 amide bonds. The minimum atomic E-state index is 0.201. The van der Waals surface area contributed by atoms with Gasteiger partial charge in [0.05, 0.1) is 13.2 Å². The lowest BCUT2D eigenvalue weighted by Crippen LogP contribution is -2.38. The maximum Gasteiger partial charge on any atom is 0.225 e. The predicted molar refractivity (Wildman–Crippen MR) is 125 cm³/mol. The van der Waals surface area contributed by atoms with Gasteiger partial charge in [0.2, 0.25) is 11.2 Å². The monoisotopic (exact) mass is 459 g/mol. The molecule has 0 atom stereocenters. The highest BCUT2D eigenvalue weighted by Crippen LogP contribution is 2.36. The van der Waals surface area contributed by atoms with E-state index in [9.17, 15) is 0 Å². The quantitative estimate of drug-likeness (QED) is 0.484. The summed E-state index contributed by atoms with van der Waals surface area (Å²) in [4.78, 5) is 16.4. The van der Waals surface area contributed by atoms with Crippen LogP contribution in [0.1, 0.15) is 32.6 Å². The number of benzene rings is 1. The van der Waals surface area contributed by atoms with E-state index in [2.05, 4.69) is 26.4 Å². The Kier molecular flexibility index (Phi) is 6.04. The number of anilines is 1. The molecule has 1 saturated carbocycles. The average molecular weight is 460 g/mol. The zero-order chi connectivity index (χ0) is 21.4. The number of hydrogen-bond donors (Lipinski definition) is 0. The summed E-state index contributed by atoms with van der Waals surface area (Å²) >= 11 is 12.6.